The molecule has 21 heavy (non-hydrogen) atoms. The van der Waals surface area contributed by atoms with Crippen molar-refractivity contribution in [3.63, 3.8) is 0 Å². The Balaban J connectivity index is 1.80. The van der Waals surface area contributed by atoms with Gasteiger partial charge in [-0.2, -0.15) is 0 Å². The van der Waals surface area contributed by atoms with Crippen molar-refractivity contribution < 1.29 is 23.5 Å². The van der Waals surface area contributed by atoms with E-state index in [1.54, 1.807) is 0 Å². The number of carboxylic acids is 1. The van der Waals surface area contributed by atoms with Crippen molar-refractivity contribution in [1.29, 1.82) is 0 Å². The Morgan fingerprint density at radius 3 is 2.38 bits per heavy atom. The molecule has 1 saturated carbocycles. The third kappa shape index (κ3) is 2.30. The molecule has 1 aromatic rings. The van der Waals surface area contributed by atoms with Gasteiger partial charge in [-0.3, -0.25) is 9.59 Å². The van der Waals surface area contributed by atoms with Crippen LogP contribution in [0.15, 0.2) is 30.4 Å². The second-order valence-corrected chi connectivity index (χ2v) is 5.46. The molecule has 1 amide bonds. The zero-order chi connectivity index (χ0) is 15.1. The standard InChI is InChI=1S/C15H13F2NO3/c16-10-4-3-9(6-11(10)17)18-14(19)12-7-1-2-8(5-7)13(12)15(20)21/h1-4,6-8,12-13H,5H2,(H,18,19)(H,20,21)/t7-,8+,12-,13+/m0/s1. The number of amides is 1. The molecule has 2 aliphatic rings. The van der Waals surface area contributed by atoms with Crippen LogP contribution in [0.1, 0.15) is 6.42 Å². The number of allylic oxidation sites excluding steroid dienone is 2. The maximum absolute atomic E-state index is 13.1. The number of benzene rings is 1. The van der Waals surface area contributed by atoms with E-state index < -0.39 is 35.3 Å². The van der Waals surface area contributed by atoms with E-state index in [1.165, 1.54) is 6.07 Å². The lowest BCUT2D eigenvalue weighted by Gasteiger charge is -2.23. The first-order valence-corrected chi connectivity index (χ1v) is 6.64. The average Bonchev–Trinajstić information content (AvgIpc) is 3.03. The molecule has 0 aliphatic heterocycles. The van der Waals surface area contributed by atoms with E-state index in [0.717, 1.165) is 12.1 Å². The van der Waals surface area contributed by atoms with Gasteiger partial charge in [-0.05, 0) is 30.4 Å². The van der Waals surface area contributed by atoms with E-state index in [9.17, 15) is 23.5 Å². The van der Waals surface area contributed by atoms with Gasteiger partial charge in [-0.25, -0.2) is 8.78 Å². The van der Waals surface area contributed by atoms with E-state index >= 15 is 0 Å². The molecule has 4 nitrogen and oxygen atoms in total. The summed E-state index contributed by atoms with van der Waals surface area (Å²) >= 11 is 0. The molecule has 2 N–H and O–H groups in total. The Morgan fingerprint density at radius 2 is 1.76 bits per heavy atom. The minimum Gasteiger partial charge on any atom is -0.481 e. The summed E-state index contributed by atoms with van der Waals surface area (Å²) in [5.41, 5.74) is 0.120. The van der Waals surface area contributed by atoms with Crippen LogP contribution < -0.4 is 5.32 Å². The summed E-state index contributed by atoms with van der Waals surface area (Å²) in [6, 6.07) is 3.04. The smallest absolute Gasteiger partial charge is 0.307 e. The molecule has 1 aromatic carbocycles. The molecule has 0 heterocycles. The fourth-order valence-electron chi connectivity index (χ4n) is 3.32. The fourth-order valence-corrected chi connectivity index (χ4v) is 3.32. The first-order valence-electron chi connectivity index (χ1n) is 6.64. The van der Waals surface area contributed by atoms with Gasteiger partial charge < -0.3 is 10.4 Å². The number of halogens is 2. The molecule has 1 fully saturated rings. The summed E-state index contributed by atoms with van der Waals surface area (Å²) in [7, 11) is 0. The van der Waals surface area contributed by atoms with Crippen molar-refractivity contribution in [3.05, 3.63) is 42.0 Å². The van der Waals surface area contributed by atoms with Crippen LogP contribution in [0.3, 0.4) is 0 Å². The first-order chi connectivity index (χ1) is 9.97. The molecule has 0 radical (unpaired) electrons. The Kier molecular flexibility index (Phi) is 3.23. The average molecular weight is 293 g/mol. The van der Waals surface area contributed by atoms with Crippen LogP contribution in [-0.4, -0.2) is 17.0 Å². The molecule has 0 spiro atoms. The highest BCUT2D eigenvalue weighted by Gasteiger charge is 2.51. The maximum atomic E-state index is 13.1. The number of carbonyl (C=O) groups excluding carboxylic acids is 1. The van der Waals surface area contributed by atoms with Crippen LogP contribution >= 0.6 is 0 Å². The number of hydrogen-bond donors (Lipinski definition) is 2. The highest BCUT2D eigenvalue weighted by Crippen LogP contribution is 2.48. The minimum absolute atomic E-state index is 0.110. The molecule has 0 aromatic heterocycles. The summed E-state index contributed by atoms with van der Waals surface area (Å²) in [5.74, 6) is -5.21. The molecule has 0 saturated heterocycles. The van der Waals surface area contributed by atoms with E-state index in [1.807, 2.05) is 12.2 Å². The Bertz CT molecular complexity index is 644. The lowest BCUT2D eigenvalue weighted by molar-refractivity contribution is -0.146. The zero-order valence-electron chi connectivity index (χ0n) is 10.9. The van der Waals surface area contributed by atoms with Gasteiger partial charge in [0.15, 0.2) is 11.6 Å². The summed E-state index contributed by atoms with van der Waals surface area (Å²) in [5, 5.41) is 11.8. The highest BCUT2D eigenvalue weighted by atomic mass is 19.2. The Labute approximate surface area is 119 Å². The summed E-state index contributed by atoms with van der Waals surface area (Å²) in [6.45, 7) is 0. The second kappa shape index (κ2) is 4.95. The number of carbonyl (C=O) groups is 2. The zero-order valence-corrected chi connectivity index (χ0v) is 10.9. The van der Waals surface area contributed by atoms with Gasteiger partial charge in [0.2, 0.25) is 5.91 Å². The van der Waals surface area contributed by atoms with Crippen molar-refractivity contribution in [2.24, 2.45) is 23.7 Å². The second-order valence-electron chi connectivity index (χ2n) is 5.46. The van der Waals surface area contributed by atoms with E-state index in [2.05, 4.69) is 5.32 Å². The fraction of sp³-hybridized carbons (Fsp3) is 0.333. The van der Waals surface area contributed by atoms with E-state index in [-0.39, 0.29) is 17.5 Å². The molecule has 2 bridgehead atoms. The van der Waals surface area contributed by atoms with Crippen LogP contribution in [-0.2, 0) is 9.59 Å². The van der Waals surface area contributed by atoms with Crippen LogP contribution in [0.4, 0.5) is 14.5 Å². The summed E-state index contributed by atoms with van der Waals surface area (Å²) in [4.78, 5) is 23.6. The van der Waals surface area contributed by atoms with Crippen molar-refractivity contribution in [2.75, 3.05) is 5.32 Å². The topological polar surface area (TPSA) is 66.4 Å². The van der Waals surface area contributed by atoms with Crippen LogP contribution in [0, 0.1) is 35.3 Å². The first kappa shape index (κ1) is 13.7. The van der Waals surface area contributed by atoms with Crippen molar-refractivity contribution in [3.8, 4) is 0 Å². The molecular weight excluding hydrogens is 280 g/mol. The van der Waals surface area contributed by atoms with E-state index in [0.29, 0.717) is 6.42 Å². The van der Waals surface area contributed by atoms with Gasteiger partial charge >= 0.3 is 5.97 Å². The molecule has 6 heteroatoms. The number of hydrogen-bond acceptors (Lipinski definition) is 2. The number of nitrogens with one attached hydrogen (secondary N) is 1. The Hall–Kier alpha value is -2.24. The van der Waals surface area contributed by atoms with Crippen LogP contribution in [0.25, 0.3) is 0 Å². The number of aliphatic carboxylic acids is 1. The third-order valence-corrected chi connectivity index (χ3v) is 4.23. The summed E-state index contributed by atoms with van der Waals surface area (Å²) < 4.78 is 26.0. The lowest BCUT2D eigenvalue weighted by atomic mass is 9.82. The molecule has 4 atom stereocenters. The molecule has 3 rings (SSSR count). The Morgan fingerprint density at radius 1 is 1.10 bits per heavy atom. The van der Waals surface area contributed by atoms with Gasteiger partial charge in [-0.1, -0.05) is 12.2 Å². The normalized spacial score (nSPS) is 29.6. The van der Waals surface area contributed by atoms with Gasteiger partial charge in [0.1, 0.15) is 0 Å². The number of carboxylic acid groups (broad SMARTS) is 1. The molecular formula is C15H13F2NO3. The lowest BCUT2D eigenvalue weighted by Crippen LogP contribution is -2.36. The molecule has 0 unspecified atom stereocenters. The van der Waals surface area contributed by atoms with Gasteiger partial charge in [0.05, 0.1) is 11.8 Å². The van der Waals surface area contributed by atoms with Crippen molar-refractivity contribution in [1.82, 2.24) is 0 Å². The predicted molar refractivity (Wildman–Crippen MR) is 70.3 cm³/mol. The molecule has 110 valence electrons. The molecule has 2 aliphatic carbocycles. The highest BCUT2D eigenvalue weighted by molar-refractivity contribution is 5.96. The third-order valence-electron chi connectivity index (χ3n) is 4.23. The van der Waals surface area contributed by atoms with Crippen LogP contribution in [0.5, 0.6) is 0 Å². The monoisotopic (exact) mass is 293 g/mol. The van der Waals surface area contributed by atoms with Gasteiger partial charge in [0, 0.05) is 11.8 Å². The van der Waals surface area contributed by atoms with Crippen molar-refractivity contribution in [2.45, 2.75) is 6.42 Å². The number of rotatable bonds is 3. The van der Waals surface area contributed by atoms with Gasteiger partial charge in [-0.15, -0.1) is 0 Å². The quantitative estimate of drug-likeness (QED) is 0.841. The minimum atomic E-state index is -1.06. The van der Waals surface area contributed by atoms with E-state index in [4.69, 9.17) is 0 Å². The van der Waals surface area contributed by atoms with Crippen molar-refractivity contribution >= 4 is 17.6 Å². The maximum Gasteiger partial charge on any atom is 0.307 e. The predicted octanol–water partition coefficient (Wildman–Crippen LogP) is 2.43. The number of anilines is 1. The van der Waals surface area contributed by atoms with Gasteiger partial charge in [0.25, 0.3) is 0 Å². The SMILES string of the molecule is O=C(Nc1ccc(F)c(F)c1)[C@@H]1[C@H](C(=O)O)[C@@H]2C=C[C@H]1C2. The largest absolute Gasteiger partial charge is 0.481 e. The summed E-state index contributed by atoms with van der Waals surface area (Å²) in [6.07, 6.45) is 4.34. The van der Waals surface area contributed by atoms with Crippen LogP contribution in [0.2, 0.25) is 0 Å². The number of fused-ring (bicyclic) bond motifs is 2.